The number of nitrogens with two attached hydrogens (primary N) is 1. The second kappa shape index (κ2) is 7.38. The molecule has 2 rings (SSSR count). The van der Waals surface area contributed by atoms with Gasteiger partial charge in [-0.25, -0.2) is 0 Å². The minimum absolute atomic E-state index is 0.0553. The Kier molecular flexibility index (Phi) is 5.53. The first-order chi connectivity index (χ1) is 10.1. The van der Waals surface area contributed by atoms with Gasteiger partial charge in [0.25, 0.3) is 5.91 Å². The van der Waals surface area contributed by atoms with Gasteiger partial charge in [-0.15, -0.1) is 0 Å². The highest BCUT2D eigenvalue weighted by Crippen LogP contribution is 2.16. The van der Waals surface area contributed by atoms with E-state index in [1.807, 2.05) is 55.5 Å². The van der Waals surface area contributed by atoms with Crippen molar-refractivity contribution in [3.63, 3.8) is 0 Å². The van der Waals surface area contributed by atoms with E-state index in [1.54, 1.807) is 0 Å². The summed E-state index contributed by atoms with van der Waals surface area (Å²) in [5, 5.41) is 2.93. The molecule has 0 bridgehead atoms. The van der Waals surface area contributed by atoms with Gasteiger partial charge in [0.1, 0.15) is 0 Å². The largest absolute Gasteiger partial charge is 0.352 e. The van der Waals surface area contributed by atoms with E-state index in [4.69, 9.17) is 5.73 Å². The minimum Gasteiger partial charge on any atom is -0.352 e. The van der Waals surface area contributed by atoms with Crippen LogP contribution in [0.15, 0.2) is 53.0 Å². The van der Waals surface area contributed by atoms with E-state index in [2.05, 4.69) is 21.2 Å². The standard InChI is InChI=1S/C17H19BrN2O/c1-12-11-14(18)7-8-15(12)17(21)20-10-9-16(19)13-5-3-2-4-6-13/h2-8,11,16H,9-10,19H2,1H3,(H,20,21). The average molecular weight is 347 g/mol. The highest BCUT2D eigenvalue weighted by Gasteiger charge is 2.10. The maximum absolute atomic E-state index is 12.1. The molecule has 0 saturated carbocycles. The number of halogens is 1. The van der Waals surface area contributed by atoms with Gasteiger partial charge >= 0.3 is 0 Å². The zero-order chi connectivity index (χ0) is 15.2. The molecule has 0 saturated heterocycles. The van der Waals surface area contributed by atoms with Crippen molar-refractivity contribution in [2.24, 2.45) is 5.73 Å². The molecule has 110 valence electrons. The highest BCUT2D eigenvalue weighted by molar-refractivity contribution is 9.10. The van der Waals surface area contributed by atoms with Crippen molar-refractivity contribution in [3.05, 3.63) is 69.7 Å². The lowest BCUT2D eigenvalue weighted by atomic mass is 10.0. The topological polar surface area (TPSA) is 55.1 Å². The molecule has 2 aromatic carbocycles. The summed E-state index contributed by atoms with van der Waals surface area (Å²) in [6, 6.07) is 15.5. The Bertz CT molecular complexity index is 613. The van der Waals surface area contributed by atoms with Gasteiger partial charge in [-0.1, -0.05) is 46.3 Å². The monoisotopic (exact) mass is 346 g/mol. The van der Waals surface area contributed by atoms with Gasteiger partial charge in [0.05, 0.1) is 0 Å². The van der Waals surface area contributed by atoms with Crippen LogP contribution in [-0.4, -0.2) is 12.5 Å². The summed E-state index contributed by atoms with van der Waals surface area (Å²) in [4.78, 5) is 12.1. The number of carbonyl (C=O) groups is 1. The number of benzene rings is 2. The summed E-state index contributed by atoms with van der Waals surface area (Å²) in [6.07, 6.45) is 0.714. The summed E-state index contributed by atoms with van der Waals surface area (Å²) in [6.45, 7) is 2.49. The fraction of sp³-hybridized carbons (Fsp3) is 0.235. The maximum atomic E-state index is 12.1. The smallest absolute Gasteiger partial charge is 0.251 e. The normalized spacial score (nSPS) is 12.0. The van der Waals surface area contributed by atoms with Crippen molar-refractivity contribution in [2.45, 2.75) is 19.4 Å². The van der Waals surface area contributed by atoms with Crippen molar-refractivity contribution in [1.82, 2.24) is 5.32 Å². The summed E-state index contributed by atoms with van der Waals surface area (Å²) in [5.41, 5.74) is 8.86. The Balaban J connectivity index is 1.87. The molecule has 4 heteroatoms. The first-order valence-corrected chi connectivity index (χ1v) is 7.72. The van der Waals surface area contributed by atoms with E-state index >= 15 is 0 Å². The molecular formula is C17H19BrN2O. The average Bonchev–Trinajstić information content (AvgIpc) is 2.47. The molecule has 3 nitrogen and oxygen atoms in total. The van der Waals surface area contributed by atoms with Crippen LogP contribution < -0.4 is 11.1 Å². The van der Waals surface area contributed by atoms with Gasteiger partial charge in [0.15, 0.2) is 0 Å². The highest BCUT2D eigenvalue weighted by atomic mass is 79.9. The molecule has 0 aliphatic heterocycles. The van der Waals surface area contributed by atoms with E-state index in [0.29, 0.717) is 18.5 Å². The lowest BCUT2D eigenvalue weighted by molar-refractivity contribution is 0.0952. The second-order valence-electron chi connectivity index (χ2n) is 5.02. The van der Waals surface area contributed by atoms with Crippen molar-refractivity contribution in [2.75, 3.05) is 6.54 Å². The lowest BCUT2D eigenvalue weighted by Gasteiger charge is -2.13. The number of hydrogen-bond acceptors (Lipinski definition) is 2. The van der Waals surface area contributed by atoms with Crippen LogP contribution in [0.5, 0.6) is 0 Å². The van der Waals surface area contributed by atoms with E-state index in [9.17, 15) is 4.79 Å². The Morgan fingerprint density at radius 2 is 1.95 bits per heavy atom. The van der Waals surface area contributed by atoms with Crippen LogP contribution in [0.1, 0.15) is 33.9 Å². The molecule has 0 aliphatic rings. The van der Waals surface area contributed by atoms with E-state index < -0.39 is 0 Å². The molecule has 1 atom stereocenters. The summed E-state index contributed by atoms with van der Waals surface area (Å²) < 4.78 is 0.975. The first kappa shape index (κ1) is 15.7. The van der Waals surface area contributed by atoms with Crippen molar-refractivity contribution < 1.29 is 4.79 Å². The molecule has 1 amide bonds. The number of hydrogen-bond donors (Lipinski definition) is 2. The summed E-state index contributed by atoms with van der Waals surface area (Å²) in [5.74, 6) is -0.0553. The Labute approximate surface area is 133 Å². The quantitative estimate of drug-likeness (QED) is 0.869. The van der Waals surface area contributed by atoms with Gasteiger partial charge < -0.3 is 11.1 Å². The van der Waals surface area contributed by atoms with E-state index in [-0.39, 0.29) is 11.9 Å². The Morgan fingerprint density at radius 1 is 1.24 bits per heavy atom. The fourth-order valence-corrected chi connectivity index (χ4v) is 2.66. The van der Waals surface area contributed by atoms with Crippen LogP contribution >= 0.6 is 15.9 Å². The van der Waals surface area contributed by atoms with Crippen LogP contribution in [-0.2, 0) is 0 Å². The van der Waals surface area contributed by atoms with Gasteiger partial charge in [-0.3, -0.25) is 4.79 Å². The number of nitrogens with one attached hydrogen (secondary N) is 1. The molecule has 1 unspecified atom stereocenters. The number of rotatable bonds is 5. The van der Waals surface area contributed by atoms with Crippen LogP contribution in [0, 0.1) is 6.92 Å². The molecule has 21 heavy (non-hydrogen) atoms. The van der Waals surface area contributed by atoms with Crippen molar-refractivity contribution in [1.29, 1.82) is 0 Å². The molecule has 0 radical (unpaired) electrons. The molecule has 0 aromatic heterocycles. The maximum Gasteiger partial charge on any atom is 0.251 e. The zero-order valence-corrected chi connectivity index (χ0v) is 13.6. The second-order valence-corrected chi connectivity index (χ2v) is 5.94. The van der Waals surface area contributed by atoms with E-state index in [1.165, 1.54) is 0 Å². The van der Waals surface area contributed by atoms with Crippen LogP contribution in [0.2, 0.25) is 0 Å². The molecule has 3 N–H and O–H groups in total. The Hall–Kier alpha value is -1.65. The number of carbonyl (C=O) groups excluding carboxylic acids is 1. The summed E-state index contributed by atoms with van der Waals surface area (Å²) >= 11 is 3.39. The predicted octanol–water partition coefficient (Wildman–Crippen LogP) is 3.58. The number of amides is 1. The van der Waals surface area contributed by atoms with Gasteiger partial charge in [-0.2, -0.15) is 0 Å². The van der Waals surface area contributed by atoms with Gasteiger partial charge in [-0.05, 0) is 42.7 Å². The van der Waals surface area contributed by atoms with Gasteiger partial charge in [0, 0.05) is 22.6 Å². The minimum atomic E-state index is -0.0579. The Morgan fingerprint density at radius 3 is 2.62 bits per heavy atom. The first-order valence-electron chi connectivity index (χ1n) is 6.93. The van der Waals surface area contributed by atoms with Crippen LogP contribution in [0.3, 0.4) is 0 Å². The molecule has 0 spiro atoms. The third-order valence-electron chi connectivity index (χ3n) is 3.40. The zero-order valence-electron chi connectivity index (χ0n) is 12.0. The van der Waals surface area contributed by atoms with Crippen LogP contribution in [0.4, 0.5) is 0 Å². The third-order valence-corrected chi connectivity index (χ3v) is 3.89. The van der Waals surface area contributed by atoms with Crippen LogP contribution in [0.25, 0.3) is 0 Å². The molecule has 0 fully saturated rings. The van der Waals surface area contributed by atoms with Gasteiger partial charge in [0.2, 0.25) is 0 Å². The third kappa shape index (κ3) is 4.41. The van der Waals surface area contributed by atoms with E-state index in [0.717, 1.165) is 15.6 Å². The van der Waals surface area contributed by atoms with Crippen molar-refractivity contribution in [3.8, 4) is 0 Å². The molecule has 0 aliphatic carbocycles. The predicted molar refractivity (Wildman–Crippen MR) is 89.2 cm³/mol. The summed E-state index contributed by atoms with van der Waals surface area (Å²) in [7, 11) is 0. The molecule has 2 aromatic rings. The molecule has 0 heterocycles. The lowest BCUT2D eigenvalue weighted by Crippen LogP contribution is -2.27. The van der Waals surface area contributed by atoms with Crippen molar-refractivity contribution >= 4 is 21.8 Å². The molecular weight excluding hydrogens is 328 g/mol. The SMILES string of the molecule is Cc1cc(Br)ccc1C(=O)NCCC(N)c1ccccc1. The number of aryl methyl sites for hydroxylation is 1. The fourth-order valence-electron chi connectivity index (χ4n) is 2.19.